The predicted molar refractivity (Wildman–Crippen MR) is 78.1 cm³/mol. The van der Waals surface area contributed by atoms with Crippen LogP contribution in [0.5, 0.6) is 11.5 Å². The summed E-state index contributed by atoms with van der Waals surface area (Å²) in [5.41, 5.74) is 3.26. The highest BCUT2D eigenvalue weighted by Gasteiger charge is 2.62. The largest absolute Gasteiger partial charge is 0.504 e. The lowest BCUT2D eigenvalue weighted by molar-refractivity contribution is -0.00794. The number of hydrogen-bond donors (Lipinski definition) is 2. The van der Waals surface area contributed by atoms with Crippen molar-refractivity contribution in [2.24, 2.45) is 5.92 Å². The first-order chi connectivity index (χ1) is 10.1. The number of rotatable bonds is 0. The third-order valence-electron chi connectivity index (χ3n) is 5.68. The SMILES string of the molecule is CN1CCC23c4c5ccc(O)c4OC2C(O)C=CC3C1=C5. The van der Waals surface area contributed by atoms with E-state index in [1.54, 1.807) is 6.07 Å². The Bertz CT molecular complexity index is 723. The normalized spacial score (nSPS) is 37.9. The maximum absolute atomic E-state index is 10.4. The smallest absolute Gasteiger partial charge is 0.166 e. The van der Waals surface area contributed by atoms with Crippen molar-refractivity contribution < 1.29 is 14.9 Å². The van der Waals surface area contributed by atoms with Gasteiger partial charge in [0.15, 0.2) is 11.5 Å². The van der Waals surface area contributed by atoms with E-state index in [9.17, 15) is 10.2 Å². The molecule has 1 saturated heterocycles. The molecule has 5 rings (SSSR count). The summed E-state index contributed by atoms with van der Waals surface area (Å²) in [5, 5.41) is 20.6. The van der Waals surface area contributed by atoms with Gasteiger partial charge in [0.1, 0.15) is 12.2 Å². The van der Waals surface area contributed by atoms with Crippen LogP contribution in [0.3, 0.4) is 0 Å². The quantitative estimate of drug-likeness (QED) is 0.711. The summed E-state index contributed by atoms with van der Waals surface area (Å²) in [6, 6.07) is 3.65. The highest BCUT2D eigenvalue weighted by molar-refractivity contribution is 5.73. The zero-order chi connectivity index (χ0) is 14.4. The van der Waals surface area contributed by atoms with Crippen LogP contribution in [0.2, 0.25) is 0 Å². The highest BCUT2D eigenvalue weighted by Crippen LogP contribution is 2.62. The molecule has 4 atom stereocenters. The molecule has 1 aromatic carbocycles. The number of piperidine rings is 1. The molecule has 1 fully saturated rings. The molecular formula is C17H17NO3. The van der Waals surface area contributed by atoms with Crippen LogP contribution in [0.1, 0.15) is 17.5 Å². The van der Waals surface area contributed by atoms with E-state index in [2.05, 4.69) is 24.1 Å². The van der Waals surface area contributed by atoms with Crippen LogP contribution in [-0.4, -0.2) is 40.9 Å². The summed E-state index contributed by atoms with van der Waals surface area (Å²) in [6.45, 7) is 0.942. The van der Waals surface area contributed by atoms with Gasteiger partial charge in [0, 0.05) is 30.8 Å². The Morgan fingerprint density at radius 3 is 3.05 bits per heavy atom. The van der Waals surface area contributed by atoms with E-state index < -0.39 is 6.10 Å². The standard InChI is InChI=1S/C17H17NO3/c1-18-7-6-17-10-3-5-13(20)16(17)21-15-12(19)4-2-9(14(15)17)8-11(10)18/h2-5,8,10,13,16,19-20H,6-7H2,1H3. The third kappa shape index (κ3) is 1.14. The van der Waals surface area contributed by atoms with Gasteiger partial charge in [0.25, 0.3) is 0 Å². The molecular weight excluding hydrogens is 266 g/mol. The van der Waals surface area contributed by atoms with Gasteiger partial charge in [0.05, 0.1) is 5.41 Å². The number of phenolic OH excluding ortho intramolecular Hbond substituents is 1. The van der Waals surface area contributed by atoms with Crippen LogP contribution in [0.15, 0.2) is 30.0 Å². The maximum atomic E-state index is 10.4. The summed E-state index contributed by atoms with van der Waals surface area (Å²) in [5.74, 6) is 0.976. The van der Waals surface area contributed by atoms with Crippen molar-refractivity contribution >= 4 is 6.08 Å². The van der Waals surface area contributed by atoms with Gasteiger partial charge in [-0.2, -0.15) is 0 Å². The van der Waals surface area contributed by atoms with Crippen LogP contribution in [-0.2, 0) is 5.41 Å². The molecule has 0 saturated carbocycles. The second-order valence-electron chi connectivity index (χ2n) is 6.55. The summed E-state index contributed by atoms with van der Waals surface area (Å²) in [6.07, 6.45) is 6.17. The fraction of sp³-hybridized carbons (Fsp3) is 0.412. The Morgan fingerprint density at radius 1 is 1.33 bits per heavy atom. The monoisotopic (exact) mass is 283 g/mol. The summed E-state index contributed by atoms with van der Waals surface area (Å²) >= 11 is 0. The van der Waals surface area contributed by atoms with Gasteiger partial charge in [-0.15, -0.1) is 0 Å². The Hall–Kier alpha value is -1.94. The lowest BCUT2D eigenvalue weighted by Gasteiger charge is -2.53. The van der Waals surface area contributed by atoms with Crippen molar-refractivity contribution in [3.8, 4) is 11.5 Å². The second-order valence-corrected chi connectivity index (χ2v) is 6.55. The lowest BCUT2D eigenvalue weighted by Crippen LogP contribution is -2.58. The van der Waals surface area contributed by atoms with Crippen LogP contribution < -0.4 is 4.74 Å². The summed E-state index contributed by atoms with van der Waals surface area (Å²) < 4.78 is 6.05. The van der Waals surface area contributed by atoms with E-state index in [1.165, 1.54) is 5.70 Å². The van der Waals surface area contributed by atoms with E-state index in [-0.39, 0.29) is 23.2 Å². The van der Waals surface area contributed by atoms with Crippen LogP contribution >= 0.6 is 0 Å². The molecule has 2 aliphatic heterocycles. The van der Waals surface area contributed by atoms with Gasteiger partial charge in [-0.1, -0.05) is 18.2 Å². The number of nitrogens with zero attached hydrogens (tertiary/aromatic N) is 1. The van der Waals surface area contributed by atoms with Crippen molar-refractivity contribution in [2.45, 2.75) is 24.0 Å². The van der Waals surface area contributed by atoms with Gasteiger partial charge in [-0.05, 0) is 24.1 Å². The Kier molecular flexibility index (Phi) is 1.92. The number of phenols is 1. The van der Waals surface area contributed by atoms with Crippen molar-refractivity contribution in [1.82, 2.24) is 4.90 Å². The molecule has 2 bridgehead atoms. The van der Waals surface area contributed by atoms with Crippen molar-refractivity contribution in [1.29, 1.82) is 0 Å². The molecule has 0 aromatic heterocycles. The molecule has 2 heterocycles. The summed E-state index contributed by atoms with van der Waals surface area (Å²) in [4.78, 5) is 2.29. The van der Waals surface area contributed by atoms with Gasteiger partial charge in [0.2, 0.25) is 0 Å². The minimum Gasteiger partial charge on any atom is -0.504 e. The zero-order valence-electron chi connectivity index (χ0n) is 11.8. The average molecular weight is 283 g/mol. The molecule has 4 heteroatoms. The van der Waals surface area contributed by atoms with Crippen molar-refractivity contribution in [2.75, 3.05) is 13.6 Å². The zero-order valence-corrected chi connectivity index (χ0v) is 11.8. The first-order valence-electron chi connectivity index (χ1n) is 7.45. The van der Waals surface area contributed by atoms with E-state index in [0.717, 1.165) is 24.1 Å². The molecule has 1 spiro atoms. The molecule has 4 unspecified atom stereocenters. The van der Waals surface area contributed by atoms with E-state index >= 15 is 0 Å². The number of aliphatic hydroxyl groups is 1. The highest BCUT2D eigenvalue weighted by atomic mass is 16.5. The van der Waals surface area contributed by atoms with Gasteiger partial charge < -0.3 is 19.8 Å². The second kappa shape index (κ2) is 3.45. The van der Waals surface area contributed by atoms with E-state index in [4.69, 9.17) is 4.74 Å². The minimum atomic E-state index is -0.622. The number of allylic oxidation sites excluding steroid dienone is 1. The Balaban J connectivity index is 1.90. The average Bonchev–Trinajstić information content (AvgIpc) is 2.83. The predicted octanol–water partition coefficient (Wildman–Crippen LogP) is 1.63. The minimum absolute atomic E-state index is 0.180. The van der Waals surface area contributed by atoms with Crippen LogP contribution in [0, 0.1) is 5.92 Å². The number of benzene rings is 1. The van der Waals surface area contributed by atoms with Gasteiger partial charge >= 0.3 is 0 Å². The Morgan fingerprint density at radius 2 is 2.19 bits per heavy atom. The molecule has 1 aromatic rings. The summed E-state index contributed by atoms with van der Waals surface area (Å²) in [7, 11) is 2.12. The lowest BCUT2D eigenvalue weighted by atomic mass is 9.56. The molecule has 2 aliphatic carbocycles. The van der Waals surface area contributed by atoms with E-state index in [0.29, 0.717) is 5.75 Å². The van der Waals surface area contributed by atoms with Crippen LogP contribution in [0.25, 0.3) is 6.08 Å². The molecule has 0 radical (unpaired) electrons. The topological polar surface area (TPSA) is 52.9 Å². The maximum Gasteiger partial charge on any atom is 0.166 e. The first kappa shape index (κ1) is 11.7. The number of hydrogen-bond acceptors (Lipinski definition) is 4. The Labute approximate surface area is 123 Å². The molecule has 4 nitrogen and oxygen atoms in total. The molecule has 108 valence electrons. The van der Waals surface area contributed by atoms with Crippen molar-refractivity contribution in [3.63, 3.8) is 0 Å². The molecule has 0 amide bonds. The molecule has 21 heavy (non-hydrogen) atoms. The van der Waals surface area contributed by atoms with Crippen LogP contribution in [0.4, 0.5) is 0 Å². The van der Waals surface area contributed by atoms with Crippen molar-refractivity contribution in [3.05, 3.63) is 41.1 Å². The number of ether oxygens (including phenoxy) is 1. The van der Waals surface area contributed by atoms with E-state index in [1.807, 2.05) is 12.1 Å². The fourth-order valence-corrected chi connectivity index (χ4v) is 4.75. The fourth-order valence-electron chi connectivity index (χ4n) is 4.75. The number of likely N-dealkylation sites (tertiary alicyclic amines) is 1. The number of aromatic hydroxyl groups is 1. The molecule has 2 N–H and O–H groups in total. The van der Waals surface area contributed by atoms with Gasteiger partial charge in [-0.3, -0.25) is 0 Å². The van der Waals surface area contributed by atoms with Gasteiger partial charge in [-0.25, -0.2) is 0 Å². The number of aliphatic hydroxyl groups excluding tert-OH is 1. The first-order valence-corrected chi connectivity index (χ1v) is 7.45. The third-order valence-corrected chi connectivity index (χ3v) is 5.68. The molecule has 4 aliphatic rings.